The highest BCUT2D eigenvalue weighted by Crippen LogP contribution is 2.29. The van der Waals surface area contributed by atoms with E-state index in [9.17, 15) is 23.1 Å². The van der Waals surface area contributed by atoms with E-state index in [0.717, 1.165) is 12.1 Å². The van der Waals surface area contributed by atoms with Gasteiger partial charge in [0.15, 0.2) is 0 Å². The Balaban J connectivity index is 1.97. The van der Waals surface area contributed by atoms with Gasteiger partial charge in [0.1, 0.15) is 5.75 Å². The predicted molar refractivity (Wildman–Crippen MR) is 90.9 cm³/mol. The van der Waals surface area contributed by atoms with E-state index in [1.54, 1.807) is 38.4 Å². The number of aliphatic hydroxyl groups excluding tert-OH is 1. The molecule has 0 saturated carbocycles. The molecule has 0 saturated heterocycles. The lowest BCUT2D eigenvalue weighted by Gasteiger charge is -2.14. The van der Waals surface area contributed by atoms with Crippen molar-refractivity contribution in [1.82, 2.24) is 4.90 Å². The molecule has 0 heterocycles. The van der Waals surface area contributed by atoms with Crippen molar-refractivity contribution in [3.63, 3.8) is 0 Å². The predicted octanol–water partition coefficient (Wildman–Crippen LogP) is 4.43. The van der Waals surface area contributed by atoms with Gasteiger partial charge in [-0.15, -0.1) is 0 Å². The second kappa shape index (κ2) is 8.23. The fraction of sp³-hybridized carbons (Fsp3) is 0.316. The van der Waals surface area contributed by atoms with Crippen molar-refractivity contribution in [3.8, 4) is 5.75 Å². The van der Waals surface area contributed by atoms with Gasteiger partial charge in [-0.1, -0.05) is 24.3 Å². The van der Waals surface area contributed by atoms with Crippen LogP contribution in [0.5, 0.6) is 5.75 Å². The zero-order valence-corrected chi connectivity index (χ0v) is 14.5. The van der Waals surface area contributed by atoms with Gasteiger partial charge >= 0.3 is 12.3 Å². The zero-order chi connectivity index (χ0) is 19.3. The number of amides is 1. The van der Waals surface area contributed by atoms with Crippen LogP contribution in [0.15, 0.2) is 48.5 Å². The molecule has 0 aromatic heterocycles. The van der Waals surface area contributed by atoms with Crippen LogP contribution >= 0.6 is 0 Å². The van der Waals surface area contributed by atoms with Crippen LogP contribution < -0.4 is 4.74 Å². The molecule has 2 rings (SSSR count). The van der Waals surface area contributed by atoms with Crippen LogP contribution in [-0.4, -0.2) is 30.2 Å². The third kappa shape index (κ3) is 5.49. The monoisotopic (exact) mass is 367 g/mol. The van der Waals surface area contributed by atoms with Crippen molar-refractivity contribution in [2.75, 3.05) is 14.1 Å². The lowest BCUT2D eigenvalue weighted by molar-refractivity contribution is -0.137. The first-order valence-corrected chi connectivity index (χ1v) is 8.00. The summed E-state index contributed by atoms with van der Waals surface area (Å²) in [6.45, 7) is 0. The number of aryl methyl sites for hydroxylation is 1. The van der Waals surface area contributed by atoms with Crippen LogP contribution in [0.3, 0.4) is 0 Å². The summed E-state index contributed by atoms with van der Waals surface area (Å²) in [5.74, 6) is 0.315. The maximum Gasteiger partial charge on any atom is 0.416 e. The highest BCUT2D eigenvalue weighted by Gasteiger charge is 2.29. The van der Waals surface area contributed by atoms with Crippen LogP contribution in [0, 0.1) is 0 Å². The summed E-state index contributed by atoms with van der Waals surface area (Å²) in [5.41, 5.74) is 0.574. The summed E-state index contributed by atoms with van der Waals surface area (Å²) in [6, 6.07) is 11.4. The Kier molecular flexibility index (Phi) is 6.26. The minimum atomic E-state index is -4.36. The molecule has 2 aromatic rings. The zero-order valence-electron chi connectivity index (χ0n) is 14.5. The molecule has 0 radical (unpaired) electrons. The van der Waals surface area contributed by atoms with Gasteiger partial charge in [-0.3, -0.25) is 0 Å². The first-order valence-electron chi connectivity index (χ1n) is 8.00. The number of aliphatic hydroxyl groups is 1. The van der Waals surface area contributed by atoms with Crippen LogP contribution in [0.2, 0.25) is 0 Å². The molecule has 0 bridgehead atoms. The smallest absolute Gasteiger partial charge is 0.410 e. The second-order valence-electron chi connectivity index (χ2n) is 6.08. The third-order valence-electron chi connectivity index (χ3n) is 3.80. The number of hydrogen-bond acceptors (Lipinski definition) is 3. The van der Waals surface area contributed by atoms with Crippen molar-refractivity contribution in [1.29, 1.82) is 0 Å². The van der Waals surface area contributed by atoms with E-state index in [-0.39, 0.29) is 0 Å². The molecule has 7 heteroatoms. The molecule has 4 nitrogen and oxygen atoms in total. The maximum absolute atomic E-state index is 12.6. The molecule has 140 valence electrons. The number of halogens is 3. The third-order valence-corrected chi connectivity index (χ3v) is 3.80. The minimum absolute atomic E-state index is 0.315. The van der Waals surface area contributed by atoms with Gasteiger partial charge in [0.25, 0.3) is 0 Å². The summed E-state index contributed by atoms with van der Waals surface area (Å²) in [6.07, 6.45) is -4.96. The van der Waals surface area contributed by atoms with Gasteiger partial charge in [-0.25, -0.2) is 4.79 Å². The van der Waals surface area contributed by atoms with Gasteiger partial charge in [-0.05, 0) is 48.2 Å². The van der Waals surface area contributed by atoms with Crippen LogP contribution in [0.4, 0.5) is 18.0 Å². The van der Waals surface area contributed by atoms with Gasteiger partial charge in [0, 0.05) is 14.1 Å². The van der Waals surface area contributed by atoms with Crippen molar-refractivity contribution >= 4 is 6.09 Å². The van der Waals surface area contributed by atoms with E-state index >= 15 is 0 Å². The highest BCUT2D eigenvalue weighted by molar-refractivity contribution is 5.70. The molecule has 0 aliphatic carbocycles. The minimum Gasteiger partial charge on any atom is -0.410 e. The number of rotatable bonds is 5. The molecule has 0 spiro atoms. The molecule has 0 aliphatic heterocycles. The lowest BCUT2D eigenvalue weighted by Crippen LogP contribution is -2.25. The molecular weight excluding hydrogens is 347 g/mol. The van der Waals surface area contributed by atoms with Crippen LogP contribution in [-0.2, 0) is 12.6 Å². The Labute approximate surface area is 149 Å². The van der Waals surface area contributed by atoms with Crippen molar-refractivity contribution in [3.05, 3.63) is 65.2 Å². The second-order valence-corrected chi connectivity index (χ2v) is 6.08. The summed E-state index contributed by atoms with van der Waals surface area (Å²) < 4.78 is 42.8. The summed E-state index contributed by atoms with van der Waals surface area (Å²) in [7, 11) is 3.12. The number of nitrogens with zero attached hydrogens (tertiary/aromatic N) is 1. The van der Waals surface area contributed by atoms with E-state index in [1.165, 1.54) is 17.0 Å². The lowest BCUT2D eigenvalue weighted by atomic mass is 10.0. The Morgan fingerprint density at radius 2 is 1.81 bits per heavy atom. The molecular formula is C19H20F3NO3. The largest absolute Gasteiger partial charge is 0.416 e. The number of carbonyl (C=O) groups is 1. The van der Waals surface area contributed by atoms with Crippen molar-refractivity contribution in [2.24, 2.45) is 0 Å². The quantitative estimate of drug-likeness (QED) is 0.850. The normalized spacial score (nSPS) is 12.5. The maximum atomic E-state index is 12.6. The van der Waals surface area contributed by atoms with E-state index in [0.29, 0.717) is 29.7 Å². The topological polar surface area (TPSA) is 49.8 Å². The Morgan fingerprint density at radius 1 is 1.15 bits per heavy atom. The number of ether oxygens (including phenoxy) is 1. The summed E-state index contributed by atoms with van der Waals surface area (Å²) in [4.78, 5) is 12.8. The van der Waals surface area contributed by atoms with Crippen molar-refractivity contribution < 1.29 is 27.8 Å². The molecule has 0 aliphatic rings. The number of benzene rings is 2. The molecule has 1 amide bonds. The van der Waals surface area contributed by atoms with E-state index < -0.39 is 23.9 Å². The van der Waals surface area contributed by atoms with Gasteiger partial charge < -0.3 is 14.7 Å². The van der Waals surface area contributed by atoms with Gasteiger partial charge in [0.05, 0.1) is 11.7 Å². The molecule has 1 atom stereocenters. The molecule has 1 N–H and O–H groups in total. The van der Waals surface area contributed by atoms with Gasteiger partial charge in [-0.2, -0.15) is 13.2 Å². The first-order chi connectivity index (χ1) is 12.2. The van der Waals surface area contributed by atoms with E-state index in [2.05, 4.69) is 0 Å². The number of alkyl halides is 3. The summed E-state index contributed by atoms with van der Waals surface area (Å²) >= 11 is 0. The fourth-order valence-corrected chi connectivity index (χ4v) is 2.31. The van der Waals surface area contributed by atoms with E-state index in [4.69, 9.17) is 4.74 Å². The Hall–Kier alpha value is -2.54. The fourth-order valence-electron chi connectivity index (χ4n) is 2.31. The summed E-state index contributed by atoms with van der Waals surface area (Å²) in [5, 5.41) is 10.3. The molecule has 0 fully saturated rings. The van der Waals surface area contributed by atoms with Crippen molar-refractivity contribution in [2.45, 2.75) is 25.1 Å². The highest BCUT2D eigenvalue weighted by atomic mass is 19.4. The average Bonchev–Trinajstić information content (AvgIpc) is 2.59. The average molecular weight is 367 g/mol. The van der Waals surface area contributed by atoms with Crippen LogP contribution in [0.1, 0.15) is 29.2 Å². The molecule has 2 aromatic carbocycles. The Bertz CT molecular complexity index is 742. The number of carbonyl (C=O) groups excluding carboxylic acids is 1. The van der Waals surface area contributed by atoms with Gasteiger partial charge in [0.2, 0.25) is 0 Å². The van der Waals surface area contributed by atoms with E-state index in [1.807, 2.05) is 0 Å². The van der Waals surface area contributed by atoms with Crippen LogP contribution in [0.25, 0.3) is 0 Å². The number of hydrogen-bond donors (Lipinski definition) is 1. The molecule has 1 unspecified atom stereocenters. The first kappa shape index (κ1) is 19.8. The Morgan fingerprint density at radius 3 is 2.38 bits per heavy atom. The standard InChI is InChI=1S/C19H20F3NO3/c1-23(2)18(25)26-16-5-3-4-14(12-16)17(24)11-8-13-6-9-15(10-7-13)19(20,21)22/h3-7,9-10,12,17,24H,8,11H2,1-2H3. The molecule has 26 heavy (non-hydrogen) atoms. The SMILES string of the molecule is CN(C)C(=O)Oc1cccc(C(O)CCc2ccc(C(F)(F)F)cc2)c1.